The minimum absolute atomic E-state index is 0.0986. The normalized spacial score (nSPS) is 12.8. The van der Waals surface area contributed by atoms with E-state index in [0.717, 1.165) is 5.56 Å². The van der Waals surface area contributed by atoms with E-state index < -0.39 is 16.1 Å². The molecule has 0 fully saturated rings. The lowest BCUT2D eigenvalue weighted by Gasteiger charge is -2.18. The molecule has 2 N–H and O–H groups in total. The molecule has 0 aromatic heterocycles. The minimum Gasteiger partial charge on any atom is -0.304 e. The second kappa shape index (κ2) is 9.41. The van der Waals surface area contributed by atoms with Crippen molar-refractivity contribution in [3.05, 3.63) is 70.9 Å². The van der Waals surface area contributed by atoms with Crippen LogP contribution in [0.5, 0.6) is 0 Å². The van der Waals surface area contributed by atoms with E-state index >= 15 is 0 Å². The monoisotopic (exact) mass is 390 g/mol. The summed E-state index contributed by atoms with van der Waals surface area (Å²) < 4.78 is 28.1. The van der Waals surface area contributed by atoms with Crippen molar-refractivity contribution in [1.82, 2.24) is 10.2 Å². The van der Waals surface area contributed by atoms with Crippen molar-refractivity contribution in [2.45, 2.75) is 17.9 Å². The Balaban J connectivity index is 2.44. The van der Waals surface area contributed by atoms with Gasteiger partial charge in [-0.15, -0.1) is 5.92 Å². The van der Waals surface area contributed by atoms with Crippen molar-refractivity contribution < 1.29 is 13.3 Å². The summed E-state index contributed by atoms with van der Waals surface area (Å²) in [5.41, 5.74) is 3.85. The Morgan fingerprint density at radius 3 is 2.38 bits per heavy atom. The molecular weight excluding hydrogens is 372 g/mol. The predicted octanol–water partition coefficient (Wildman–Crippen LogP) is 3.20. The number of sulfonamides is 1. The Bertz CT molecular complexity index is 915. The molecule has 0 spiro atoms. The third-order valence-corrected chi connectivity index (χ3v) is 4.98. The van der Waals surface area contributed by atoms with Gasteiger partial charge < -0.3 is 4.84 Å². The molecule has 5 nitrogen and oxygen atoms in total. The summed E-state index contributed by atoms with van der Waals surface area (Å²) in [6.07, 6.45) is 1.70. The molecule has 1 atom stereocenters. The van der Waals surface area contributed by atoms with Gasteiger partial charge in [-0.2, -0.15) is 5.48 Å². The quantitative estimate of drug-likeness (QED) is 0.562. The lowest BCUT2D eigenvalue weighted by Crippen LogP contribution is -2.37. The Kier molecular flexibility index (Phi) is 7.25. The molecule has 2 rings (SSSR count). The van der Waals surface area contributed by atoms with E-state index in [4.69, 9.17) is 16.4 Å². The summed E-state index contributed by atoms with van der Waals surface area (Å²) in [6, 6.07) is 14.6. The van der Waals surface area contributed by atoms with Gasteiger partial charge in [0, 0.05) is 5.02 Å². The van der Waals surface area contributed by atoms with E-state index in [-0.39, 0.29) is 4.90 Å². The Morgan fingerprint density at radius 1 is 1.15 bits per heavy atom. The number of nitrogens with one attached hydrogen (secondary N) is 2. The molecule has 0 aliphatic carbocycles. The first-order valence-corrected chi connectivity index (χ1v) is 9.58. The highest BCUT2D eigenvalue weighted by Crippen LogP contribution is 2.17. The van der Waals surface area contributed by atoms with Crippen molar-refractivity contribution in [2.75, 3.05) is 7.11 Å². The van der Waals surface area contributed by atoms with Crippen LogP contribution in [-0.2, 0) is 14.9 Å². The zero-order chi connectivity index (χ0) is 19.0. The third kappa shape index (κ3) is 5.61. The van der Waals surface area contributed by atoms with Gasteiger partial charge in [0.25, 0.3) is 10.0 Å². The van der Waals surface area contributed by atoms with Crippen LogP contribution in [0.3, 0.4) is 0 Å². The number of hydroxylamine groups is 1. The SMILES string of the molecule is CC#CC(NOC)C(=Cc1ccccc1)NS(=O)(=O)c1ccc(Cl)cc1. The number of hydrogen-bond acceptors (Lipinski definition) is 4. The first-order chi connectivity index (χ1) is 12.5. The average Bonchev–Trinajstić information content (AvgIpc) is 2.62. The van der Waals surface area contributed by atoms with Gasteiger partial charge >= 0.3 is 0 Å². The molecule has 0 aliphatic rings. The molecule has 0 radical (unpaired) electrons. The van der Waals surface area contributed by atoms with Crippen molar-refractivity contribution >= 4 is 27.7 Å². The van der Waals surface area contributed by atoms with E-state index in [9.17, 15) is 8.42 Å². The van der Waals surface area contributed by atoms with Gasteiger partial charge in [0.2, 0.25) is 0 Å². The maximum absolute atomic E-state index is 12.7. The molecule has 7 heteroatoms. The predicted molar refractivity (Wildman–Crippen MR) is 104 cm³/mol. The van der Waals surface area contributed by atoms with E-state index in [0.29, 0.717) is 10.7 Å². The summed E-state index contributed by atoms with van der Waals surface area (Å²) in [6.45, 7) is 1.66. The molecule has 2 aromatic rings. The van der Waals surface area contributed by atoms with Gasteiger partial charge in [-0.1, -0.05) is 47.9 Å². The van der Waals surface area contributed by atoms with Crippen LogP contribution in [0.2, 0.25) is 5.02 Å². The number of halogens is 1. The van der Waals surface area contributed by atoms with Gasteiger partial charge in [-0.3, -0.25) is 4.72 Å². The van der Waals surface area contributed by atoms with Crippen LogP contribution in [0, 0.1) is 11.8 Å². The fraction of sp³-hybridized carbons (Fsp3) is 0.158. The van der Waals surface area contributed by atoms with Crippen molar-refractivity contribution in [3.63, 3.8) is 0 Å². The molecule has 2 aromatic carbocycles. The van der Waals surface area contributed by atoms with Crippen LogP contribution in [-0.4, -0.2) is 21.6 Å². The minimum atomic E-state index is -3.82. The standard InChI is InChI=1S/C19H19ClN2O3S/c1-3-7-18(21-25-2)19(14-15-8-5-4-6-9-15)22-26(23,24)17-12-10-16(20)11-13-17/h4-6,8-14,18,21-22H,1-2H3. The fourth-order valence-electron chi connectivity index (χ4n) is 2.16. The van der Waals surface area contributed by atoms with Crippen LogP contribution in [0.15, 0.2) is 65.2 Å². The molecule has 0 saturated carbocycles. The number of hydrogen-bond donors (Lipinski definition) is 2. The van der Waals surface area contributed by atoms with E-state index in [1.54, 1.807) is 13.0 Å². The second-order valence-electron chi connectivity index (χ2n) is 5.22. The highest BCUT2D eigenvalue weighted by Gasteiger charge is 2.20. The molecule has 136 valence electrons. The van der Waals surface area contributed by atoms with Crippen LogP contribution >= 0.6 is 11.6 Å². The fourth-order valence-corrected chi connectivity index (χ4v) is 3.39. The van der Waals surface area contributed by atoms with Crippen molar-refractivity contribution in [2.24, 2.45) is 0 Å². The third-order valence-electron chi connectivity index (χ3n) is 3.33. The summed E-state index contributed by atoms with van der Waals surface area (Å²) in [5.74, 6) is 5.65. The molecule has 26 heavy (non-hydrogen) atoms. The van der Waals surface area contributed by atoms with Crippen LogP contribution < -0.4 is 10.2 Å². The van der Waals surface area contributed by atoms with Crippen LogP contribution in [0.4, 0.5) is 0 Å². The lowest BCUT2D eigenvalue weighted by atomic mass is 10.1. The van der Waals surface area contributed by atoms with Crippen molar-refractivity contribution in [3.8, 4) is 11.8 Å². The molecule has 0 bridgehead atoms. The lowest BCUT2D eigenvalue weighted by molar-refractivity contribution is 0.0837. The van der Waals surface area contributed by atoms with Gasteiger partial charge in [-0.05, 0) is 42.8 Å². The summed E-state index contributed by atoms with van der Waals surface area (Å²) in [7, 11) is -2.38. The molecular formula is C19H19ClN2O3S. The van der Waals surface area contributed by atoms with Gasteiger partial charge in [-0.25, -0.2) is 8.42 Å². The Labute approximate surface area is 159 Å². The zero-order valence-electron chi connectivity index (χ0n) is 14.4. The second-order valence-corrected chi connectivity index (χ2v) is 7.34. The smallest absolute Gasteiger partial charge is 0.261 e. The topological polar surface area (TPSA) is 67.4 Å². The maximum Gasteiger partial charge on any atom is 0.261 e. The average molecular weight is 391 g/mol. The highest BCUT2D eigenvalue weighted by atomic mass is 35.5. The van der Waals surface area contributed by atoms with E-state index in [2.05, 4.69) is 22.0 Å². The van der Waals surface area contributed by atoms with Gasteiger partial charge in [0.15, 0.2) is 0 Å². The van der Waals surface area contributed by atoms with E-state index in [1.165, 1.54) is 31.4 Å². The van der Waals surface area contributed by atoms with E-state index in [1.807, 2.05) is 30.3 Å². The highest BCUT2D eigenvalue weighted by molar-refractivity contribution is 7.89. The number of rotatable bonds is 7. The largest absolute Gasteiger partial charge is 0.304 e. The molecule has 0 heterocycles. The molecule has 0 aliphatic heterocycles. The van der Waals surface area contributed by atoms with Crippen molar-refractivity contribution in [1.29, 1.82) is 0 Å². The Hall–Kier alpha value is -2.30. The maximum atomic E-state index is 12.7. The van der Waals surface area contributed by atoms with Gasteiger partial charge in [0.1, 0.15) is 6.04 Å². The van der Waals surface area contributed by atoms with Crippen LogP contribution in [0.25, 0.3) is 6.08 Å². The Morgan fingerprint density at radius 2 is 1.81 bits per heavy atom. The summed E-state index contributed by atoms with van der Waals surface area (Å²) >= 11 is 5.84. The molecule has 1 unspecified atom stereocenters. The summed E-state index contributed by atoms with van der Waals surface area (Å²) in [4.78, 5) is 5.06. The first-order valence-electron chi connectivity index (χ1n) is 7.72. The molecule has 0 saturated heterocycles. The zero-order valence-corrected chi connectivity index (χ0v) is 15.9. The summed E-state index contributed by atoms with van der Waals surface area (Å²) in [5, 5.41) is 0.458. The molecule has 0 amide bonds. The first kappa shape index (κ1) is 20.0. The van der Waals surface area contributed by atoms with Crippen LogP contribution in [0.1, 0.15) is 12.5 Å². The van der Waals surface area contributed by atoms with Gasteiger partial charge in [0.05, 0.1) is 17.7 Å². The number of benzene rings is 2.